The summed E-state index contributed by atoms with van der Waals surface area (Å²) in [5.74, 6) is -1.19. The zero-order valence-corrected chi connectivity index (χ0v) is 13.4. The van der Waals surface area contributed by atoms with Gasteiger partial charge in [0.2, 0.25) is 0 Å². The highest BCUT2D eigenvalue weighted by atomic mass is 35.5. The molecular formula is C14H12ClNO3S2. The Bertz CT molecular complexity index is 703. The Labute approximate surface area is 134 Å². The quantitative estimate of drug-likeness (QED) is 0.813. The second-order valence-electron chi connectivity index (χ2n) is 4.22. The fourth-order valence-corrected chi connectivity index (χ4v) is 3.61. The minimum Gasteiger partial charge on any atom is -0.478 e. The van der Waals surface area contributed by atoms with Gasteiger partial charge in [-0.05, 0) is 36.1 Å². The number of carboxylic acids is 1. The third kappa shape index (κ3) is 4.17. The first-order valence-corrected chi connectivity index (χ1v) is 8.06. The number of aliphatic carboxylic acids is 1. The van der Waals surface area contributed by atoms with Crippen LogP contribution in [0.25, 0.3) is 6.08 Å². The van der Waals surface area contributed by atoms with Crippen LogP contribution in [0.2, 0.25) is 5.02 Å². The Balaban J connectivity index is 1.96. The predicted octanol–water partition coefficient (Wildman–Crippen LogP) is 3.80. The Kier molecular flexibility index (Phi) is 5.17. The molecule has 2 N–H and O–H groups in total. The van der Waals surface area contributed by atoms with Crippen molar-refractivity contribution in [3.8, 4) is 0 Å². The molecule has 0 aliphatic heterocycles. The van der Waals surface area contributed by atoms with Crippen LogP contribution >= 0.6 is 34.3 Å². The highest BCUT2D eigenvalue weighted by molar-refractivity contribution is 7.13. The normalized spacial score (nSPS) is 11.0. The van der Waals surface area contributed by atoms with Crippen LogP contribution in [0.1, 0.15) is 25.0 Å². The molecule has 2 aromatic rings. The molecule has 2 heterocycles. The van der Waals surface area contributed by atoms with Crippen molar-refractivity contribution in [3.63, 3.8) is 0 Å². The van der Waals surface area contributed by atoms with Gasteiger partial charge in [-0.3, -0.25) is 4.79 Å². The van der Waals surface area contributed by atoms with Gasteiger partial charge in [-0.1, -0.05) is 11.6 Å². The van der Waals surface area contributed by atoms with Gasteiger partial charge in [0.05, 0.1) is 11.6 Å². The summed E-state index contributed by atoms with van der Waals surface area (Å²) in [7, 11) is 0. The maximum absolute atomic E-state index is 12.0. The first-order valence-electron chi connectivity index (χ1n) is 5.99. The van der Waals surface area contributed by atoms with Gasteiger partial charge in [-0.2, -0.15) is 0 Å². The summed E-state index contributed by atoms with van der Waals surface area (Å²) >= 11 is 8.79. The van der Waals surface area contributed by atoms with Crippen LogP contribution in [0.3, 0.4) is 0 Å². The van der Waals surface area contributed by atoms with Crippen LogP contribution in [0.5, 0.6) is 0 Å². The third-order valence-corrected chi connectivity index (χ3v) is 5.35. The van der Waals surface area contributed by atoms with Crippen molar-refractivity contribution in [3.05, 3.63) is 48.8 Å². The molecule has 21 heavy (non-hydrogen) atoms. The smallest absolute Gasteiger partial charge is 0.328 e. The van der Waals surface area contributed by atoms with Crippen molar-refractivity contribution in [1.82, 2.24) is 5.32 Å². The van der Waals surface area contributed by atoms with Crippen LogP contribution in [-0.4, -0.2) is 17.0 Å². The predicted molar refractivity (Wildman–Crippen MR) is 86.2 cm³/mol. The summed E-state index contributed by atoms with van der Waals surface area (Å²) in [5.41, 5.74) is 0.893. The number of amides is 1. The van der Waals surface area contributed by atoms with Gasteiger partial charge in [0.25, 0.3) is 5.91 Å². The van der Waals surface area contributed by atoms with Crippen LogP contribution in [0.15, 0.2) is 23.6 Å². The Morgan fingerprint density at radius 2 is 2.19 bits per heavy atom. The summed E-state index contributed by atoms with van der Waals surface area (Å²) in [6, 6.07) is 3.67. The Morgan fingerprint density at radius 3 is 2.81 bits per heavy atom. The first kappa shape index (κ1) is 15.8. The second-order valence-corrected chi connectivity index (χ2v) is 6.68. The molecule has 0 aliphatic rings. The summed E-state index contributed by atoms with van der Waals surface area (Å²) in [6.07, 6.45) is 2.61. The van der Waals surface area contributed by atoms with E-state index in [0.717, 1.165) is 21.4 Å². The number of hydrogen-bond donors (Lipinski definition) is 2. The highest BCUT2D eigenvalue weighted by Gasteiger charge is 2.14. The van der Waals surface area contributed by atoms with Crippen molar-refractivity contribution >= 4 is 52.2 Å². The van der Waals surface area contributed by atoms with E-state index in [1.807, 2.05) is 24.4 Å². The molecule has 0 radical (unpaired) electrons. The van der Waals surface area contributed by atoms with Crippen LogP contribution < -0.4 is 5.32 Å². The van der Waals surface area contributed by atoms with Crippen molar-refractivity contribution in [2.75, 3.05) is 0 Å². The molecule has 7 heteroatoms. The molecule has 0 bridgehead atoms. The lowest BCUT2D eigenvalue weighted by Gasteiger charge is -2.02. The standard InChI is InChI=1S/C14H12ClNO3S2/c1-8-7-20-13(12(8)15)14(19)16-6-10-3-2-9(21-10)4-5-11(17)18/h2-5,7H,6H2,1H3,(H,16,19)(H,17,18)/b5-4+. The molecule has 0 saturated carbocycles. The average Bonchev–Trinajstić information content (AvgIpc) is 3.02. The summed E-state index contributed by atoms with van der Waals surface area (Å²) < 4.78 is 0. The molecule has 0 saturated heterocycles. The summed E-state index contributed by atoms with van der Waals surface area (Å²) in [4.78, 5) is 24.7. The molecule has 0 atom stereocenters. The number of halogens is 1. The van der Waals surface area contributed by atoms with Gasteiger partial charge in [0.15, 0.2) is 0 Å². The third-order valence-electron chi connectivity index (χ3n) is 2.60. The summed E-state index contributed by atoms with van der Waals surface area (Å²) in [5, 5.41) is 13.7. The summed E-state index contributed by atoms with van der Waals surface area (Å²) in [6.45, 7) is 2.24. The van der Waals surface area contributed by atoms with Gasteiger partial charge in [0.1, 0.15) is 4.88 Å². The van der Waals surface area contributed by atoms with E-state index in [1.165, 1.54) is 28.7 Å². The van der Waals surface area contributed by atoms with Gasteiger partial charge in [-0.25, -0.2) is 4.79 Å². The lowest BCUT2D eigenvalue weighted by atomic mass is 10.3. The van der Waals surface area contributed by atoms with Gasteiger partial charge < -0.3 is 10.4 Å². The fourth-order valence-electron chi connectivity index (χ4n) is 1.56. The van der Waals surface area contributed by atoms with Crippen molar-refractivity contribution in [1.29, 1.82) is 0 Å². The minimum atomic E-state index is -0.985. The van der Waals surface area contributed by atoms with E-state index < -0.39 is 5.97 Å². The number of carboxylic acid groups (broad SMARTS) is 1. The van der Waals surface area contributed by atoms with E-state index in [4.69, 9.17) is 16.7 Å². The maximum Gasteiger partial charge on any atom is 0.328 e. The average molecular weight is 342 g/mol. The van der Waals surface area contributed by atoms with E-state index in [1.54, 1.807) is 0 Å². The van der Waals surface area contributed by atoms with E-state index >= 15 is 0 Å². The monoisotopic (exact) mass is 341 g/mol. The largest absolute Gasteiger partial charge is 0.478 e. The Morgan fingerprint density at radius 1 is 1.43 bits per heavy atom. The van der Waals surface area contributed by atoms with Gasteiger partial charge in [-0.15, -0.1) is 22.7 Å². The number of carbonyl (C=O) groups excluding carboxylic acids is 1. The van der Waals surface area contributed by atoms with Crippen molar-refractivity contribution in [2.24, 2.45) is 0 Å². The van der Waals surface area contributed by atoms with E-state index in [0.29, 0.717) is 16.4 Å². The highest BCUT2D eigenvalue weighted by Crippen LogP contribution is 2.27. The zero-order chi connectivity index (χ0) is 15.4. The van der Waals surface area contributed by atoms with E-state index in [9.17, 15) is 9.59 Å². The molecule has 0 fully saturated rings. The van der Waals surface area contributed by atoms with E-state index in [-0.39, 0.29) is 5.91 Å². The van der Waals surface area contributed by atoms with Crippen molar-refractivity contribution < 1.29 is 14.7 Å². The molecule has 4 nitrogen and oxygen atoms in total. The number of aryl methyl sites for hydroxylation is 1. The number of nitrogens with one attached hydrogen (secondary N) is 1. The van der Waals surface area contributed by atoms with E-state index in [2.05, 4.69) is 5.32 Å². The molecule has 110 valence electrons. The zero-order valence-electron chi connectivity index (χ0n) is 11.1. The second kappa shape index (κ2) is 6.89. The number of hydrogen-bond acceptors (Lipinski definition) is 4. The molecule has 2 aromatic heterocycles. The number of rotatable bonds is 5. The maximum atomic E-state index is 12.0. The molecule has 0 unspecified atom stereocenters. The van der Waals surface area contributed by atoms with Crippen LogP contribution in [0, 0.1) is 6.92 Å². The van der Waals surface area contributed by atoms with Crippen LogP contribution in [0.4, 0.5) is 0 Å². The molecule has 0 aliphatic carbocycles. The first-order chi connectivity index (χ1) is 9.97. The van der Waals surface area contributed by atoms with Crippen molar-refractivity contribution in [2.45, 2.75) is 13.5 Å². The molecule has 0 aromatic carbocycles. The number of carbonyl (C=O) groups is 2. The fraction of sp³-hybridized carbons (Fsp3) is 0.143. The van der Waals surface area contributed by atoms with Crippen LogP contribution in [-0.2, 0) is 11.3 Å². The molecular weight excluding hydrogens is 330 g/mol. The molecule has 2 rings (SSSR count). The lowest BCUT2D eigenvalue weighted by Crippen LogP contribution is -2.21. The van der Waals surface area contributed by atoms with Gasteiger partial charge in [0, 0.05) is 15.8 Å². The lowest BCUT2D eigenvalue weighted by molar-refractivity contribution is -0.131. The SMILES string of the molecule is Cc1csc(C(=O)NCc2ccc(/C=C/C(=O)O)s2)c1Cl. The molecule has 1 amide bonds. The molecule has 0 spiro atoms. The number of thiophene rings is 2. The topological polar surface area (TPSA) is 66.4 Å². The minimum absolute atomic E-state index is 0.200. The Hall–Kier alpha value is -1.63. The van der Waals surface area contributed by atoms with Gasteiger partial charge >= 0.3 is 5.97 Å².